The van der Waals surface area contributed by atoms with Crippen molar-refractivity contribution in [2.75, 3.05) is 6.54 Å². The van der Waals surface area contributed by atoms with Gasteiger partial charge in [-0.1, -0.05) is 18.2 Å². The van der Waals surface area contributed by atoms with Gasteiger partial charge in [-0.3, -0.25) is 4.68 Å². The van der Waals surface area contributed by atoms with Crippen molar-refractivity contribution in [1.29, 1.82) is 0 Å². The van der Waals surface area contributed by atoms with Gasteiger partial charge in [-0.15, -0.1) is 0 Å². The predicted octanol–water partition coefficient (Wildman–Crippen LogP) is 2.73. The summed E-state index contributed by atoms with van der Waals surface area (Å²) in [6.45, 7) is 0.841. The van der Waals surface area contributed by atoms with Crippen LogP contribution in [0.1, 0.15) is 31.7 Å². The van der Waals surface area contributed by atoms with E-state index in [9.17, 15) is 0 Å². The van der Waals surface area contributed by atoms with Crippen LogP contribution in [0.25, 0.3) is 10.9 Å². The highest BCUT2D eigenvalue weighted by Crippen LogP contribution is 2.31. The number of hydrogen-bond acceptors (Lipinski definition) is 2. The average Bonchev–Trinajstić information content (AvgIpc) is 2.82. The molecule has 1 saturated carbocycles. The summed E-state index contributed by atoms with van der Waals surface area (Å²) in [5.74, 6) is 0.733. The van der Waals surface area contributed by atoms with Gasteiger partial charge in [0, 0.05) is 11.6 Å². The van der Waals surface area contributed by atoms with E-state index in [1.165, 1.54) is 31.1 Å². The summed E-state index contributed by atoms with van der Waals surface area (Å²) in [4.78, 5) is 0. The van der Waals surface area contributed by atoms with Gasteiger partial charge in [0.15, 0.2) is 0 Å². The average molecular weight is 229 g/mol. The molecule has 1 heterocycles. The second kappa shape index (κ2) is 4.49. The Balaban J connectivity index is 1.80. The van der Waals surface area contributed by atoms with Crippen LogP contribution in [0.15, 0.2) is 30.5 Å². The number of nitrogens with two attached hydrogens (primary N) is 1. The van der Waals surface area contributed by atoms with Gasteiger partial charge in [-0.25, -0.2) is 0 Å². The first-order valence-corrected chi connectivity index (χ1v) is 6.51. The summed E-state index contributed by atoms with van der Waals surface area (Å²) in [7, 11) is 0. The molecule has 0 saturated heterocycles. The van der Waals surface area contributed by atoms with Gasteiger partial charge in [0.05, 0.1) is 11.6 Å². The van der Waals surface area contributed by atoms with Crippen molar-refractivity contribution in [2.24, 2.45) is 11.7 Å². The molecule has 0 radical (unpaired) electrons. The Morgan fingerprint density at radius 2 is 1.94 bits per heavy atom. The van der Waals surface area contributed by atoms with Gasteiger partial charge < -0.3 is 5.73 Å². The van der Waals surface area contributed by atoms with Crippen molar-refractivity contribution in [3.8, 4) is 0 Å². The van der Waals surface area contributed by atoms with Crippen molar-refractivity contribution in [3.05, 3.63) is 30.5 Å². The van der Waals surface area contributed by atoms with Crippen LogP contribution in [0.5, 0.6) is 0 Å². The van der Waals surface area contributed by atoms with E-state index in [1.54, 1.807) is 0 Å². The number of aromatic nitrogens is 2. The molecule has 17 heavy (non-hydrogen) atoms. The second-order valence-corrected chi connectivity index (χ2v) is 5.08. The zero-order valence-corrected chi connectivity index (χ0v) is 10.0. The van der Waals surface area contributed by atoms with E-state index >= 15 is 0 Å². The second-order valence-electron chi connectivity index (χ2n) is 5.08. The molecule has 3 nitrogen and oxygen atoms in total. The van der Waals surface area contributed by atoms with Crippen LogP contribution in [-0.2, 0) is 0 Å². The summed E-state index contributed by atoms with van der Waals surface area (Å²) in [5.41, 5.74) is 6.83. The number of nitrogens with zero attached hydrogens (tertiary/aromatic N) is 2. The van der Waals surface area contributed by atoms with E-state index in [2.05, 4.69) is 34.2 Å². The summed E-state index contributed by atoms with van der Waals surface area (Å²) in [5, 5.41) is 5.92. The maximum atomic E-state index is 5.73. The molecule has 2 aromatic rings. The molecule has 1 fully saturated rings. The molecule has 3 heteroatoms. The third kappa shape index (κ3) is 2.07. The van der Waals surface area contributed by atoms with Crippen molar-refractivity contribution >= 4 is 10.9 Å². The van der Waals surface area contributed by atoms with E-state index in [-0.39, 0.29) is 0 Å². The van der Waals surface area contributed by atoms with Gasteiger partial charge >= 0.3 is 0 Å². The number of benzene rings is 1. The van der Waals surface area contributed by atoms with Crippen LogP contribution in [0.3, 0.4) is 0 Å². The minimum Gasteiger partial charge on any atom is -0.330 e. The van der Waals surface area contributed by atoms with Crippen molar-refractivity contribution in [2.45, 2.75) is 31.7 Å². The third-order valence-electron chi connectivity index (χ3n) is 3.96. The number of hydrogen-bond donors (Lipinski definition) is 1. The predicted molar refractivity (Wildman–Crippen MR) is 69.8 cm³/mol. The Morgan fingerprint density at radius 1 is 1.18 bits per heavy atom. The molecule has 2 N–H and O–H groups in total. The van der Waals surface area contributed by atoms with Gasteiger partial charge in [-0.05, 0) is 44.2 Å². The molecule has 0 atom stereocenters. The topological polar surface area (TPSA) is 43.8 Å². The summed E-state index contributed by atoms with van der Waals surface area (Å²) < 4.78 is 2.16. The normalized spacial score (nSPS) is 25.2. The van der Waals surface area contributed by atoms with E-state index in [1.807, 2.05) is 6.07 Å². The Kier molecular flexibility index (Phi) is 2.85. The Labute approximate surface area is 102 Å². The highest BCUT2D eigenvalue weighted by molar-refractivity contribution is 5.77. The fraction of sp³-hybridized carbons (Fsp3) is 0.500. The zero-order chi connectivity index (χ0) is 11.7. The van der Waals surface area contributed by atoms with Crippen molar-refractivity contribution < 1.29 is 0 Å². The summed E-state index contributed by atoms with van der Waals surface area (Å²) in [6, 6.07) is 8.90. The Bertz CT molecular complexity index is 462. The molecular formula is C14H19N3. The lowest BCUT2D eigenvalue weighted by Gasteiger charge is -2.27. The van der Waals surface area contributed by atoms with Gasteiger partial charge in [-0.2, -0.15) is 5.10 Å². The van der Waals surface area contributed by atoms with E-state index in [0.717, 1.165) is 18.0 Å². The highest BCUT2D eigenvalue weighted by Gasteiger charge is 2.21. The first-order valence-electron chi connectivity index (χ1n) is 6.51. The lowest BCUT2D eigenvalue weighted by Crippen LogP contribution is -2.23. The van der Waals surface area contributed by atoms with E-state index in [4.69, 9.17) is 5.73 Å². The molecule has 1 aromatic carbocycles. The molecule has 0 amide bonds. The minimum atomic E-state index is 0.574. The lowest BCUT2D eigenvalue weighted by molar-refractivity contribution is 0.266. The molecule has 1 aliphatic rings. The quantitative estimate of drug-likeness (QED) is 0.860. The molecule has 0 bridgehead atoms. The van der Waals surface area contributed by atoms with Crippen LogP contribution in [0, 0.1) is 5.92 Å². The van der Waals surface area contributed by atoms with E-state index < -0.39 is 0 Å². The van der Waals surface area contributed by atoms with Gasteiger partial charge in [0.1, 0.15) is 0 Å². The monoisotopic (exact) mass is 229 g/mol. The van der Waals surface area contributed by atoms with Crippen LogP contribution in [0.4, 0.5) is 0 Å². The molecule has 1 aromatic heterocycles. The SMILES string of the molecule is NC[C@H]1CC[C@H](n2cc3ccccc3n2)CC1. The van der Waals surface area contributed by atoms with Gasteiger partial charge in [0.2, 0.25) is 0 Å². The molecule has 0 spiro atoms. The van der Waals surface area contributed by atoms with Crippen molar-refractivity contribution in [1.82, 2.24) is 9.78 Å². The highest BCUT2D eigenvalue weighted by atomic mass is 15.3. The van der Waals surface area contributed by atoms with Crippen LogP contribution < -0.4 is 5.73 Å². The largest absolute Gasteiger partial charge is 0.330 e. The molecule has 0 unspecified atom stereocenters. The van der Waals surface area contributed by atoms with Crippen molar-refractivity contribution in [3.63, 3.8) is 0 Å². The maximum absolute atomic E-state index is 5.73. The maximum Gasteiger partial charge on any atom is 0.0923 e. The first kappa shape index (κ1) is 10.8. The molecule has 90 valence electrons. The van der Waals surface area contributed by atoms with Crippen LogP contribution in [0.2, 0.25) is 0 Å². The first-order chi connectivity index (χ1) is 8.36. The molecule has 3 rings (SSSR count). The van der Waals surface area contributed by atoms with Crippen LogP contribution in [-0.4, -0.2) is 16.3 Å². The fourth-order valence-electron chi connectivity index (χ4n) is 2.82. The molecular weight excluding hydrogens is 210 g/mol. The minimum absolute atomic E-state index is 0.574. The Morgan fingerprint density at radius 3 is 2.65 bits per heavy atom. The zero-order valence-electron chi connectivity index (χ0n) is 10.0. The number of fused-ring (bicyclic) bond motifs is 1. The lowest BCUT2D eigenvalue weighted by atomic mass is 9.86. The summed E-state index contributed by atoms with van der Waals surface area (Å²) >= 11 is 0. The van der Waals surface area contributed by atoms with E-state index in [0.29, 0.717) is 6.04 Å². The number of rotatable bonds is 2. The molecule has 1 aliphatic carbocycles. The smallest absolute Gasteiger partial charge is 0.0923 e. The summed E-state index contributed by atoms with van der Waals surface area (Å²) in [6.07, 6.45) is 7.11. The fourth-order valence-corrected chi connectivity index (χ4v) is 2.82. The Hall–Kier alpha value is -1.35. The van der Waals surface area contributed by atoms with Crippen LogP contribution >= 0.6 is 0 Å². The third-order valence-corrected chi connectivity index (χ3v) is 3.96. The van der Waals surface area contributed by atoms with Gasteiger partial charge in [0.25, 0.3) is 0 Å². The molecule has 0 aliphatic heterocycles. The standard InChI is InChI=1S/C14H19N3/c15-9-11-5-7-13(8-6-11)17-10-12-3-1-2-4-14(12)16-17/h1-4,10-11,13H,5-9,15H2/t11-,13-.